The number of aliphatic hydroxyl groups excluding tert-OH is 1. The van der Waals surface area contributed by atoms with Gasteiger partial charge in [0.25, 0.3) is 0 Å². The summed E-state index contributed by atoms with van der Waals surface area (Å²) in [6.45, 7) is 14.9. The number of carbonyl (C=O) groups is 8. The van der Waals surface area contributed by atoms with Gasteiger partial charge in [-0.15, -0.1) is 0 Å². The van der Waals surface area contributed by atoms with Crippen LogP contribution in [-0.2, 0) is 51.0 Å². The summed E-state index contributed by atoms with van der Waals surface area (Å²) in [7, 11) is 1.30. The van der Waals surface area contributed by atoms with Crippen LogP contribution in [0.3, 0.4) is 0 Å². The highest BCUT2D eigenvalue weighted by Crippen LogP contribution is 2.67. The molecule has 96 heavy (non-hydrogen) atoms. The Morgan fingerprint density at radius 3 is 2.24 bits per heavy atom. The number of carbonyl (C=O) groups excluding carboxylic acids is 7. The van der Waals surface area contributed by atoms with Crippen molar-refractivity contribution in [2.24, 2.45) is 46.3 Å². The minimum Gasteiger partial charge on any atom is -0.508 e. The highest BCUT2D eigenvalue weighted by atomic mass is 16.7. The zero-order chi connectivity index (χ0) is 69.3. The predicted octanol–water partition coefficient (Wildman–Crippen LogP) is 9.28. The second-order valence-corrected chi connectivity index (χ2v) is 29.5. The van der Waals surface area contributed by atoms with Crippen molar-refractivity contribution in [2.75, 3.05) is 13.7 Å². The Balaban J connectivity index is 0.689. The summed E-state index contributed by atoms with van der Waals surface area (Å²) >= 11 is 0. The number of rotatable bonds is 25. The molecular formula is C74H98N4O18. The minimum absolute atomic E-state index is 0.00951. The molecule has 3 saturated carbocycles. The van der Waals surface area contributed by atoms with Gasteiger partial charge < -0.3 is 70.9 Å². The molecule has 0 aromatic heterocycles. The van der Waals surface area contributed by atoms with Crippen molar-refractivity contribution in [3.8, 4) is 23.0 Å². The van der Waals surface area contributed by atoms with Crippen molar-refractivity contribution in [1.82, 2.24) is 21.3 Å². The maximum absolute atomic E-state index is 14.1. The van der Waals surface area contributed by atoms with Gasteiger partial charge in [0.2, 0.25) is 23.5 Å². The highest BCUT2D eigenvalue weighted by molar-refractivity contribution is 6.31. The molecule has 22 heteroatoms. The fraction of sp³-hybridized carbons (Fsp3) is 0.622. The van der Waals surface area contributed by atoms with Crippen LogP contribution in [0.5, 0.6) is 23.0 Å². The Morgan fingerprint density at radius 1 is 0.802 bits per heavy atom. The van der Waals surface area contributed by atoms with Gasteiger partial charge in [-0.05, 0) is 148 Å². The van der Waals surface area contributed by atoms with E-state index in [1.54, 1.807) is 12.1 Å². The van der Waals surface area contributed by atoms with Crippen molar-refractivity contribution in [3.63, 3.8) is 0 Å². The third kappa shape index (κ3) is 14.7. The van der Waals surface area contributed by atoms with Crippen LogP contribution in [0.2, 0.25) is 0 Å². The summed E-state index contributed by atoms with van der Waals surface area (Å²) in [4.78, 5) is 108. The highest BCUT2D eigenvalue weighted by Gasteiger charge is 2.60. The lowest BCUT2D eigenvalue weighted by atomic mass is 9.47. The molecule has 3 aromatic carbocycles. The van der Waals surface area contributed by atoms with Gasteiger partial charge in [-0.25, -0.2) is 9.59 Å². The third-order valence-electron chi connectivity index (χ3n) is 23.1. The summed E-state index contributed by atoms with van der Waals surface area (Å²) in [6, 6.07) is 6.85. The first-order valence-corrected chi connectivity index (χ1v) is 34.7. The number of methoxy groups -OCH3 is 1. The van der Waals surface area contributed by atoms with Gasteiger partial charge in [0.1, 0.15) is 52.9 Å². The molecule has 3 aromatic rings. The number of phenols is 3. The summed E-state index contributed by atoms with van der Waals surface area (Å²) < 4.78 is 23.8. The Labute approximate surface area is 561 Å². The van der Waals surface area contributed by atoms with E-state index in [1.165, 1.54) is 94.9 Å². The number of aliphatic carboxylic acids is 1. The molecule has 4 amide bonds. The lowest BCUT2D eigenvalue weighted by Gasteiger charge is -2.58. The second-order valence-electron chi connectivity index (χ2n) is 29.5. The standard InChI is InChI=1S/C74H98N4O18/c1-38(2)13-11-14-39(3)49-24-25-50-46-23-20-43-34-45(28-30-72(43,6)51(46)29-31-73(49,50)7)95-71(91)78-54(33-42-18-21-44(80)22-19-42)69(88)77-52(70(89)90)16-9-10-32-75-57(81)26-27-58(82)76-53-35-59(94-40(4)64(53)83)96-56-37-74(92,41(5)79)36-48-61(56)68(87)63-62(66(48)85)65(84)47-15-12-17-55(93-8)60(47)67(63)86/h12,15,17-22,38-40,45-46,49-54,56,59,64,80,83,85,87,92H,9-11,13-14,16,23-37H2,1-8H3,(H,75,81)(H,76,82)(H,77,88)(H,78,91)(H,89,90)/t39-,40+,45?,46?,49?,50+,51+,52-,53+,54?,56+,59+,64-,72?,73?,74+/m1/s1. The molecule has 16 atom stereocenters. The van der Waals surface area contributed by atoms with E-state index in [2.05, 4.69) is 62.0 Å². The number of carboxylic acids is 1. The van der Waals surface area contributed by atoms with E-state index in [-0.39, 0.29) is 84.2 Å². The van der Waals surface area contributed by atoms with Gasteiger partial charge >= 0.3 is 12.1 Å². The normalized spacial score (nSPS) is 29.7. The number of aliphatic hydroxyl groups is 2. The van der Waals surface area contributed by atoms with Crippen molar-refractivity contribution in [2.45, 2.75) is 231 Å². The monoisotopic (exact) mass is 1330 g/mol. The molecule has 0 bridgehead atoms. The Kier molecular flexibility index (Phi) is 21.8. The van der Waals surface area contributed by atoms with Gasteiger partial charge in [-0.3, -0.25) is 28.8 Å². The average molecular weight is 1330 g/mol. The number of unbranched alkanes of at least 4 members (excludes halogenated alkanes) is 1. The summed E-state index contributed by atoms with van der Waals surface area (Å²) in [6.07, 6.45) is 7.18. The molecule has 0 spiro atoms. The third-order valence-corrected chi connectivity index (χ3v) is 23.1. The van der Waals surface area contributed by atoms with Gasteiger partial charge in [0.05, 0.1) is 42.0 Å². The zero-order valence-electron chi connectivity index (χ0n) is 56.6. The van der Waals surface area contributed by atoms with Crippen LogP contribution in [0.25, 0.3) is 0 Å². The summed E-state index contributed by atoms with van der Waals surface area (Å²) in [5.74, 6) is -2.71. The quantitative estimate of drug-likeness (QED) is 0.0168. The topological polar surface area (TPSA) is 343 Å². The first-order chi connectivity index (χ1) is 45.5. The van der Waals surface area contributed by atoms with Crippen LogP contribution in [-0.4, -0.2) is 140 Å². The van der Waals surface area contributed by atoms with Crippen LogP contribution in [0.15, 0.2) is 54.1 Å². The largest absolute Gasteiger partial charge is 0.508 e. The Bertz CT molecular complexity index is 3500. The molecule has 1 heterocycles. The number of ether oxygens (including phenoxy) is 4. The van der Waals surface area contributed by atoms with Crippen LogP contribution in [0.1, 0.15) is 219 Å². The number of hydrogen-bond acceptors (Lipinski definition) is 17. The Morgan fingerprint density at radius 2 is 1.53 bits per heavy atom. The Hall–Kier alpha value is -7.40. The zero-order valence-corrected chi connectivity index (χ0v) is 56.6. The van der Waals surface area contributed by atoms with Gasteiger partial charge in [0.15, 0.2) is 17.9 Å². The van der Waals surface area contributed by atoms with E-state index in [0.717, 1.165) is 37.5 Å². The lowest BCUT2D eigenvalue weighted by Crippen LogP contribution is -2.55. The maximum Gasteiger partial charge on any atom is 0.408 e. The van der Waals surface area contributed by atoms with E-state index in [9.17, 15) is 69.0 Å². The number of alkyl carbamates (subject to hydrolysis) is 1. The number of allylic oxidation sites excluding steroid dienone is 1. The molecule has 6 aliphatic carbocycles. The number of hydrogen-bond donors (Lipinski definition) is 10. The van der Waals surface area contributed by atoms with Crippen molar-refractivity contribution in [3.05, 3.63) is 93.1 Å². The number of amides is 4. The number of benzene rings is 3. The summed E-state index contributed by atoms with van der Waals surface area (Å²) in [5.41, 5.74) is -1.46. The smallest absolute Gasteiger partial charge is 0.408 e. The molecule has 1 aliphatic heterocycles. The van der Waals surface area contributed by atoms with Crippen molar-refractivity contribution < 1.29 is 87.9 Å². The fourth-order valence-corrected chi connectivity index (χ4v) is 17.8. The van der Waals surface area contributed by atoms with Crippen molar-refractivity contribution in [1.29, 1.82) is 0 Å². The molecule has 7 aliphatic rings. The van der Waals surface area contributed by atoms with Crippen LogP contribution in [0, 0.1) is 46.3 Å². The molecule has 10 rings (SSSR count). The first-order valence-electron chi connectivity index (χ1n) is 34.7. The number of phenolic OH excluding ortho intramolecular Hbond substituents is 3. The number of aromatic hydroxyl groups is 3. The molecule has 1 saturated heterocycles. The van der Waals surface area contributed by atoms with E-state index in [4.69, 9.17) is 18.9 Å². The van der Waals surface area contributed by atoms with Gasteiger partial charge in [-0.1, -0.05) is 89.8 Å². The number of carboxylic acid groups (broad SMARTS) is 1. The molecule has 0 radical (unpaired) electrons. The van der Waals surface area contributed by atoms with E-state index < -0.39 is 137 Å². The van der Waals surface area contributed by atoms with Crippen LogP contribution >= 0.6 is 0 Å². The summed E-state index contributed by atoms with van der Waals surface area (Å²) in [5, 5.41) is 77.5. The van der Waals surface area contributed by atoms with E-state index in [0.29, 0.717) is 48.0 Å². The number of fused-ring (bicyclic) bond motifs is 8. The molecular weight excluding hydrogens is 1230 g/mol. The number of ketones is 3. The van der Waals surface area contributed by atoms with E-state index in [1.807, 2.05) is 0 Å². The van der Waals surface area contributed by atoms with E-state index >= 15 is 0 Å². The SMILES string of the molecule is COc1cccc2c1C(=O)c1c(O)c3c(c(O)c1C2=O)C[C@@](O)(C(C)=O)C[C@@H]3O[C@H]1C[C@H](NC(=O)CCC(=O)NCCCC[C@@H](NC(=O)C(Cc2ccc(O)cc2)NC(=O)OC2CCC3(C)C(=CCC4[C@@H]3CCC3(C)C([C@H](C)CCCC(C)C)CC[C@@H]43)C2)C(=O)O)[C@H](O)[C@H](C)O1. The molecule has 522 valence electrons. The maximum atomic E-state index is 14.1. The van der Waals surface area contributed by atoms with Crippen LogP contribution in [0.4, 0.5) is 4.79 Å². The van der Waals surface area contributed by atoms with Gasteiger partial charge in [0, 0.05) is 68.2 Å². The van der Waals surface area contributed by atoms with Crippen LogP contribution < -0.4 is 26.0 Å². The average Bonchev–Trinajstić information content (AvgIpc) is 0.907. The second kappa shape index (κ2) is 29.4. The predicted molar refractivity (Wildman–Crippen MR) is 352 cm³/mol. The molecule has 4 fully saturated rings. The first kappa shape index (κ1) is 71.4. The molecule has 22 nitrogen and oxygen atoms in total. The van der Waals surface area contributed by atoms with Crippen molar-refractivity contribution >= 4 is 47.1 Å². The molecule has 10 N–H and O–H groups in total. The number of Topliss-reactive ketones (excluding diaryl/α,β-unsaturated/α-hetero) is 1. The minimum atomic E-state index is -2.18. The van der Waals surface area contributed by atoms with Gasteiger partial charge in [-0.2, -0.15) is 0 Å². The fourth-order valence-electron chi connectivity index (χ4n) is 17.8. The number of nitrogens with one attached hydrogen (secondary N) is 4. The lowest BCUT2D eigenvalue weighted by molar-refractivity contribution is -0.249. The molecule has 6 unspecified atom stereocenters.